The molecule has 0 saturated carbocycles. The molecule has 0 aliphatic rings. The zero-order chi connectivity index (χ0) is 15.9. The maximum Gasteiger partial charge on any atom is 0.125 e. The van der Waals surface area contributed by atoms with Crippen LogP contribution < -0.4 is 18.9 Å². The summed E-state index contributed by atoms with van der Waals surface area (Å²) in [5, 5.41) is 0. The smallest absolute Gasteiger partial charge is 0.125 e. The van der Waals surface area contributed by atoms with E-state index in [1.54, 1.807) is 28.4 Å². The average molecular weight is 302 g/mol. The third-order valence-corrected chi connectivity index (χ3v) is 3.67. The first-order chi connectivity index (χ1) is 10.7. The second-order valence-electron chi connectivity index (χ2n) is 4.82. The van der Waals surface area contributed by atoms with E-state index in [0.717, 1.165) is 47.0 Å². The quantitative estimate of drug-likeness (QED) is 0.784. The van der Waals surface area contributed by atoms with Gasteiger partial charge in [0.15, 0.2) is 0 Å². The Bertz CT molecular complexity index is 600. The van der Waals surface area contributed by atoms with Gasteiger partial charge in [-0.3, -0.25) is 0 Å². The standard InChI is InChI=1S/C18H22O4/c1-19-14-10-8-13(18(12-14)22-4)9-11-15-16(20-2)6-5-7-17(15)21-3/h5-8,10,12H,9,11H2,1-4H3. The Morgan fingerprint density at radius 3 is 1.86 bits per heavy atom. The van der Waals surface area contributed by atoms with Crippen LogP contribution in [-0.2, 0) is 12.8 Å². The van der Waals surface area contributed by atoms with Gasteiger partial charge in [-0.25, -0.2) is 0 Å². The molecule has 22 heavy (non-hydrogen) atoms. The summed E-state index contributed by atoms with van der Waals surface area (Å²) >= 11 is 0. The summed E-state index contributed by atoms with van der Waals surface area (Å²) in [5.74, 6) is 3.29. The van der Waals surface area contributed by atoms with Gasteiger partial charge in [0, 0.05) is 11.6 Å². The molecule has 0 amide bonds. The number of hydrogen-bond acceptors (Lipinski definition) is 4. The zero-order valence-electron chi connectivity index (χ0n) is 13.5. The maximum absolute atomic E-state index is 5.45. The van der Waals surface area contributed by atoms with E-state index >= 15 is 0 Å². The van der Waals surface area contributed by atoms with Gasteiger partial charge in [0.1, 0.15) is 23.0 Å². The van der Waals surface area contributed by atoms with E-state index in [1.807, 2.05) is 36.4 Å². The Morgan fingerprint density at radius 1 is 0.682 bits per heavy atom. The van der Waals surface area contributed by atoms with Gasteiger partial charge in [0.2, 0.25) is 0 Å². The van der Waals surface area contributed by atoms with Crippen molar-refractivity contribution in [3.63, 3.8) is 0 Å². The van der Waals surface area contributed by atoms with Crippen LogP contribution >= 0.6 is 0 Å². The molecule has 0 spiro atoms. The van der Waals surface area contributed by atoms with Crippen LogP contribution in [-0.4, -0.2) is 28.4 Å². The van der Waals surface area contributed by atoms with Crippen LogP contribution in [0.25, 0.3) is 0 Å². The van der Waals surface area contributed by atoms with Crippen molar-refractivity contribution in [2.24, 2.45) is 0 Å². The number of hydrogen-bond donors (Lipinski definition) is 0. The summed E-state index contributed by atoms with van der Waals surface area (Å²) in [4.78, 5) is 0. The van der Waals surface area contributed by atoms with Gasteiger partial charge < -0.3 is 18.9 Å². The summed E-state index contributed by atoms with van der Waals surface area (Å²) < 4.78 is 21.6. The number of rotatable bonds is 7. The van der Waals surface area contributed by atoms with Crippen molar-refractivity contribution in [2.45, 2.75) is 12.8 Å². The zero-order valence-corrected chi connectivity index (χ0v) is 13.5. The van der Waals surface area contributed by atoms with E-state index in [1.165, 1.54) is 0 Å². The van der Waals surface area contributed by atoms with Crippen LogP contribution in [0.5, 0.6) is 23.0 Å². The molecule has 0 aromatic heterocycles. The Morgan fingerprint density at radius 2 is 1.32 bits per heavy atom. The molecule has 0 atom stereocenters. The predicted molar refractivity (Wildman–Crippen MR) is 86.5 cm³/mol. The fourth-order valence-corrected chi connectivity index (χ4v) is 2.49. The number of methoxy groups -OCH3 is 4. The Kier molecular flexibility index (Phi) is 5.53. The van der Waals surface area contributed by atoms with E-state index in [0.29, 0.717) is 0 Å². The maximum atomic E-state index is 5.45. The summed E-state index contributed by atoms with van der Waals surface area (Å²) in [6.45, 7) is 0. The average Bonchev–Trinajstić information content (AvgIpc) is 2.59. The lowest BCUT2D eigenvalue weighted by atomic mass is 10.0. The van der Waals surface area contributed by atoms with E-state index < -0.39 is 0 Å². The Hall–Kier alpha value is -2.36. The Labute approximate surface area is 131 Å². The normalized spacial score (nSPS) is 10.2. The lowest BCUT2D eigenvalue weighted by molar-refractivity contribution is 0.383. The molecule has 0 heterocycles. The molecule has 118 valence electrons. The van der Waals surface area contributed by atoms with Crippen molar-refractivity contribution in [2.75, 3.05) is 28.4 Å². The second kappa shape index (κ2) is 7.59. The number of aryl methyl sites for hydroxylation is 1. The first-order valence-electron chi connectivity index (χ1n) is 7.14. The van der Waals surface area contributed by atoms with Crippen LogP contribution in [0.4, 0.5) is 0 Å². The van der Waals surface area contributed by atoms with Gasteiger partial charge in [-0.2, -0.15) is 0 Å². The van der Waals surface area contributed by atoms with E-state index in [2.05, 4.69) is 0 Å². The van der Waals surface area contributed by atoms with Gasteiger partial charge in [0.25, 0.3) is 0 Å². The van der Waals surface area contributed by atoms with Crippen molar-refractivity contribution in [1.29, 1.82) is 0 Å². The Balaban J connectivity index is 2.23. The molecular formula is C18H22O4. The third-order valence-electron chi connectivity index (χ3n) is 3.67. The monoisotopic (exact) mass is 302 g/mol. The molecule has 0 aliphatic heterocycles. The summed E-state index contributed by atoms with van der Waals surface area (Å²) in [6.07, 6.45) is 1.62. The minimum atomic E-state index is 0.787. The van der Waals surface area contributed by atoms with Crippen molar-refractivity contribution < 1.29 is 18.9 Å². The topological polar surface area (TPSA) is 36.9 Å². The second-order valence-corrected chi connectivity index (χ2v) is 4.82. The molecule has 2 aromatic rings. The van der Waals surface area contributed by atoms with Crippen LogP contribution in [0.2, 0.25) is 0 Å². The summed E-state index contributed by atoms with van der Waals surface area (Å²) in [5.41, 5.74) is 2.18. The first kappa shape index (κ1) is 16.0. The van der Waals surface area contributed by atoms with E-state index in [4.69, 9.17) is 18.9 Å². The van der Waals surface area contributed by atoms with Crippen molar-refractivity contribution in [1.82, 2.24) is 0 Å². The van der Waals surface area contributed by atoms with Crippen LogP contribution in [0.1, 0.15) is 11.1 Å². The number of ether oxygens (including phenoxy) is 4. The largest absolute Gasteiger partial charge is 0.497 e. The molecule has 0 bridgehead atoms. The molecule has 0 aliphatic carbocycles. The minimum Gasteiger partial charge on any atom is -0.497 e. The van der Waals surface area contributed by atoms with Gasteiger partial charge in [0.05, 0.1) is 28.4 Å². The lowest BCUT2D eigenvalue weighted by Gasteiger charge is -2.14. The third kappa shape index (κ3) is 3.45. The van der Waals surface area contributed by atoms with Gasteiger partial charge in [-0.1, -0.05) is 12.1 Å². The minimum absolute atomic E-state index is 0.787. The van der Waals surface area contributed by atoms with Crippen molar-refractivity contribution in [3.8, 4) is 23.0 Å². The highest BCUT2D eigenvalue weighted by Crippen LogP contribution is 2.31. The van der Waals surface area contributed by atoms with Gasteiger partial charge in [-0.05, 0) is 36.6 Å². The SMILES string of the molecule is COc1ccc(CCc2c(OC)cccc2OC)c(OC)c1. The first-order valence-corrected chi connectivity index (χ1v) is 7.14. The van der Waals surface area contributed by atoms with E-state index in [9.17, 15) is 0 Å². The summed E-state index contributed by atoms with van der Waals surface area (Å²) in [6, 6.07) is 11.7. The molecule has 2 aromatic carbocycles. The highest BCUT2D eigenvalue weighted by molar-refractivity contribution is 5.46. The number of benzene rings is 2. The highest BCUT2D eigenvalue weighted by Gasteiger charge is 2.12. The van der Waals surface area contributed by atoms with Gasteiger partial charge in [-0.15, -0.1) is 0 Å². The van der Waals surface area contributed by atoms with Crippen molar-refractivity contribution in [3.05, 3.63) is 47.5 Å². The molecule has 0 fully saturated rings. The van der Waals surface area contributed by atoms with Gasteiger partial charge >= 0.3 is 0 Å². The fourth-order valence-electron chi connectivity index (χ4n) is 2.49. The predicted octanol–water partition coefficient (Wildman–Crippen LogP) is 3.51. The van der Waals surface area contributed by atoms with Crippen molar-refractivity contribution >= 4 is 0 Å². The molecule has 0 N–H and O–H groups in total. The van der Waals surface area contributed by atoms with Crippen LogP contribution in [0.3, 0.4) is 0 Å². The van der Waals surface area contributed by atoms with Crippen LogP contribution in [0.15, 0.2) is 36.4 Å². The molecule has 4 nitrogen and oxygen atoms in total. The molecular weight excluding hydrogens is 280 g/mol. The van der Waals surface area contributed by atoms with Crippen LogP contribution in [0, 0.1) is 0 Å². The molecule has 4 heteroatoms. The molecule has 0 unspecified atom stereocenters. The fraction of sp³-hybridized carbons (Fsp3) is 0.333. The van der Waals surface area contributed by atoms with E-state index in [-0.39, 0.29) is 0 Å². The lowest BCUT2D eigenvalue weighted by Crippen LogP contribution is -2.00. The molecule has 2 rings (SSSR count). The summed E-state index contributed by atoms with van der Waals surface area (Å²) in [7, 11) is 6.66. The molecule has 0 saturated heterocycles. The molecule has 0 radical (unpaired) electrons. The highest BCUT2D eigenvalue weighted by atomic mass is 16.5.